The van der Waals surface area contributed by atoms with Gasteiger partial charge in [-0.3, -0.25) is 0 Å². The molecule has 0 aromatic carbocycles. The van der Waals surface area contributed by atoms with Crippen molar-refractivity contribution in [2.45, 2.75) is 26.3 Å². The zero-order chi connectivity index (χ0) is 8.85. The van der Waals surface area contributed by atoms with E-state index in [2.05, 4.69) is 0 Å². The maximum absolute atomic E-state index is 5.59. The van der Waals surface area contributed by atoms with E-state index in [9.17, 15) is 0 Å². The largest absolute Gasteiger partial charge is 0.452 e. The van der Waals surface area contributed by atoms with Crippen LogP contribution in [-0.2, 0) is 4.74 Å². The summed E-state index contributed by atoms with van der Waals surface area (Å²) in [5.41, 5.74) is -0.344. The molecular formula is C7H14ClNOS. The predicted molar refractivity (Wildman–Crippen MR) is 51.9 cm³/mol. The van der Waals surface area contributed by atoms with Gasteiger partial charge in [0.2, 0.25) is 0 Å². The monoisotopic (exact) mass is 195 g/mol. The van der Waals surface area contributed by atoms with Crippen molar-refractivity contribution in [3.8, 4) is 0 Å². The maximum Gasteiger partial charge on any atom is 0.260 e. The molecule has 1 atom stereocenters. The van der Waals surface area contributed by atoms with Crippen molar-refractivity contribution in [3.05, 3.63) is 0 Å². The van der Waals surface area contributed by atoms with Crippen molar-refractivity contribution in [1.82, 2.24) is 4.90 Å². The minimum atomic E-state index is -0.344. The number of ether oxygens (including phenoxy) is 1. The number of nitrogens with zero attached hydrogens (tertiary/aromatic N) is 1. The van der Waals surface area contributed by atoms with E-state index in [1.165, 1.54) is 0 Å². The molecule has 0 N–H and O–H groups in total. The molecular weight excluding hydrogens is 182 g/mol. The van der Waals surface area contributed by atoms with Crippen LogP contribution >= 0.6 is 23.8 Å². The lowest BCUT2D eigenvalue weighted by atomic mass is 10.6. The fourth-order valence-corrected chi connectivity index (χ4v) is 1.24. The van der Waals surface area contributed by atoms with Crippen LogP contribution in [-0.4, -0.2) is 28.7 Å². The number of rotatable bonds is 3. The first-order chi connectivity index (χ1) is 5.11. The van der Waals surface area contributed by atoms with Crippen LogP contribution < -0.4 is 0 Å². The van der Waals surface area contributed by atoms with E-state index >= 15 is 0 Å². The average Bonchev–Trinajstić information content (AvgIpc) is 1.88. The van der Waals surface area contributed by atoms with Crippen LogP contribution in [0.25, 0.3) is 0 Å². The Balaban J connectivity index is 3.79. The van der Waals surface area contributed by atoms with Crippen LogP contribution in [0.3, 0.4) is 0 Å². The molecule has 4 heteroatoms. The summed E-state index contributed by atoms with van der Waals surface area (Å²) in [6.45, 7) is 7.52. The summed E-state index contributed by atoms with van der Waals surface area (Å²) in [5.74, 6) is 0. The van der Waals surface area contributed by atoms with Crippen molar-refractivity contribution in [3.63, 3.8) is 0 Å². The fourth-order valence-electron chi connectivity index (χ4n) is 0.695. The molecule has 0 aliphatic heterocycles. The first-order valence-corrected chi connectivity index (χ1v) is 4.55. The average molecular weight is 196 g/mol. The molecule has 1 unspecified atom stereocenters. The Bertz CT molecular complexity index is 126. The zero-order valence-corrected chi connectivity index (χ0v) is 8.71. The van der Waals surface area contributed by atoms with E-state index in [0.717, 1.165) is 13.1 Å². The molecule has 0 spiro atoms. The van der Waals surface area contributed by atoms with Crippen LogP contribution in [0.2, 0.25) is 0 Å². The second-order valence-electron chi connectivity index (χ2n) is 2.10. The van der Waals surface area contributed by atoms with Gasteiger partial charge in [-0.25, -0.2) is 0 Å². The van der Waals surface area contributed by atoms with Gasteiger partial charge in [0.25, 0.3) is 5.17 Å². The molecule has 0 saturated heterocycles. The molecule has 0 amide bonds. The van der Waals surface area contributed by atoms with Crippen LogP contribution in [0.5, 0.6) is 0 Å². The molecule has 0 rings (SSSR count). The summed E-state index contributed by atoms with van der Waals surface area (Å²) >= 11 is 10.6. The highest BCUT2D eigenvalue weighted by atomic mass is 35.5. The summed E-state index contributed by atoms with van der Waals surface area (Å²) < 4.78 is 5.12. The van der Waals surface area contributed by atoms with Gasteiger partial charge in [0, 0.05) is 13.1 Å². The van der Waals surface area contributed by atoms with Crippen LogP contribution in [0.1, 0.15) is 20.8 Å². The van der Waals surface area contributed by atoms with Gasteiger partial charge in [-0.1, -0.05) is 11.6 Å². The van der Waals surface area contributed by atoms with E-state index in [1.54, 1.807) is 6.92 Å². The summed E-state index contributed by atoms with van der Waals surface area (Å²) in [6, 6.07) is 0. The van der Waals surface area contributed by atoms with E-state index in [4.69, 9.17) is 28.6 Å². The van der Waals surface area contributed by atoms with E-state index in [0.29, 0.717) is 5.17 Å². The third-order valence-electron chi connectivity index (χ3n) is 1.28. The molecule has 0 aliphatic carbocycles. The molecule has 0 aliphatic rings. The number of hydrogen-bond donors (Lipinski definition) is 0. The normalized spacial score (nSPS) is 12.4. The van der Waals surface area contributed by atoms with Crippen LogP contribution in [0.15, 0.2) is 0 Å². The Morgan fingerprint density at radius 3 is 2.27 bits per heavy atom. The van der Waals surface area contributed by atoms with Crippen molar-refractivity contribution in [1.29, 1.82) is 0 Å². The highest BCUT2D eigenvalue weighted by Gasteiger charge is 2.07. The number of halogens is 1. The maximum atomic E-state index is 5.59. The van der Waals surface area contributed by atoms with Crippen LogP contribution in [0.4, 0.5) is 0 Å². The lowest BCUT2D eigenvalue weighted by Gasteiger charge is -2.21. The molecule has 0 radical (unpaired) electrons. The van der Waals surface area contributed by atoms with Crippen molar-refractivity contribution >= 4 is 29.0 Å². The fraction of sp³-hybridized carbons (Fsp3) is 0.857. The second kappa shape index (κ2) is 5.61. The topological polar surface area (TPSA) is 12.5 Å². The van der Waals surface area contributed by atoms with Gasteiger partial charge in [0.1, 0.15) is 0 Å². The first-order valence-electron chi connectivity index (χ1n) is 3.71. The lowest BCUT2D eigenvalue weighted by molar-refractivity contribution is 0.235. The summed E-state index contributed by atoms with van der Waals surface area (Å²) in [5, 5.41) is 0.484. The minimum absolute atomic E-state index is 0.344. The minimum Gasteiger partial charge on any atom is -0.452 e. The van der Waals surface area contributed by atoms with Gasteiger partial charge in [-0.2, -0.15) is 0 Å². The summed E-state index contributed by atoms with van der Waals surface area (Å²) in [4.78, 5) is 1.94. The van der Waals surface area contributed by atoms with E-state index in [1.807, 2.05) is 18.7 Å². The van der Waals surface area contributed by atoms with E-state index < -0.39 is 0 Å². The van der Waals surface area contributed by atoms with Crippen molar-refractivity contribution in [2.24, 2.45) is 0 Å². The molecule has 0 fully saturated rings. The third kappa shape index (κ3) is 4.43. The standard InChI is InChI=1S/C7H14ClNOS/c1-4-9(5-2)7(11)10-6(3)8/h6H,4-5H2,1-3H3. The molecule has 0 aromatic rings. The molecule has 66 valence electrons. The Morgan fingerprint density at radius 1 is 1.55 bits per heavy atom. The van der Waals surface area contributed by atoms with Gasteiger partial charge in [-0.15, -0.1) is 0 Å². The smallest absolute Gasteiger partial charge is 0.260 e. The third-order valence-corrected chi connectivity index (χ3v) is 1.73. The summed E-state index contributed by atoms with van der Waals surface area (Å²) in [6.07, 6.45) is 0. The van der Waals surface area contributed by atoms with Crippen LogP contribution in [0, 0.1) is 0 Å². The second-order valence-corrected chi connectivity index (χ2v) is 3.06. The Morgan fingerprint density at radius 2 is 2.00 bits per heavy atom. The van der Waals surface area contributed by atoms with Gasteiger partial charge in [0.15, 0.2) is 5.56 Å². The SMILES string of the molecule is CCN(CC)C(=S)OC(C)Cl. The molecule has 0 saturated carbocycles. The van der Waals surface area contributed by atoms with E-state index in [-0.39, 0.29) is 5.56 Å². The predicted octanol–water partition coefficient (Wildman–Crippen LogP) is 2.21. The Labute approximate surface area is 78.5 Å². The number of hydrogen-bond acceptors (Lipinski definition) is 2. The molecule has 11 heavy (non-hydrogen) atoms. The molecule has 0 heterocycles. The van der Waals surface area contributed by atoms with Gasteiger partial charge < -0.3 is 9.64 Å². The quantitative estimate of drug-likeness (QED) is 0.506. The van der Waals surface area contributed by atoms with Gasteiger partial charge in [-0.05, 0) is 33.0 Å². The van der Waals surface area contributed by atoms with Gasteiger partial charge >= 0.3 is 0 Å². The number of thiocarbonyl (C=S) groups is 1. The zero-order valence-electron chi connectivity index (χ0n) is 7.13. The Hall–Kier alpha value is -0.0200. The van der Waals surface area contributed by atoms with Gasteiger partial charge in [0.05, 0.1) is 0 Å². The lowest BCUT2D eigenvalue weighted by Crippen LogP contribution is -2.32. The summed E-state index contributed by atoms with van der Waals surface area (Å²) in [7, 11) is 0. The molecule has 0 bridgehead atoms. The molecule has 2 nitrogen and oxygen atoms in total. The Kier molecular flexibility index (Phi) is 5.60. The number of alkyl halides is 1. The molecule has 0 aromatic heterocycles. The van der Waals surface area contributed by atoms with Crippen molar-refractivity contribution < 1.29 is 4.74 Å². The first kappa shape index (κ1) is 11.0. The highest BCUT2D eigenvalue weighted by molar-refractivity contribution is 7.80. The van der Waals surface area contributed by atoms with Crippen molar-refractivity contribution in [2.75, 3.05) is 13.1 Å². The highest BCUT2D eigenvalue weighted by Crippen LogP contribution is 2.01.